The lowest BCUT2D eigenvalue weighted by atomic mass is 9.69. The number of aliphatic hydroxyl groups excluding tert-OH is 1. The van der Waals surface area contributed by atoms with Gasteiger partial charge in [-0.2, -0.15) is 0 Å². The Morgan fingerprint density at radius 1 is 1.18 bits per heavy atom. The van der Waals surface area contributed by atoms with Crippen LogP contribution in [0, 0.1) is 5.41 Å². The van der Waals surface area contributed by atoms with Crippen molar-refractivity contribution < 1.29 is 5.11 Å². The van der Waals surface area contributed by atoms with Crippen molar-refractivity contribution in [2.45, 2.75) is 32.2 Å². The van der Waals surface area contributed by atoms with E-state index < -0.39 is 0 Å². The maximum absolute atomic E-state index is 9.54. The Kier molecular flexibility index (Phi) is 2.93. The molecule has 0 unspecified atom stereocenters. The molecule has 1 heterocycles. The molecule has 17 heavy (non-hydrogen) atoms. The van der Waals surface area contributed by atoms with E-state index >= 15 is 0 Å². The fraction of sp³-hybridized carbons (Fsp3) is 0.600. The average molecular weight is 231 g/mol. The SMILES string of the molecule is OCC1(CN2CCc3ccccc3C2)CCC1. The van der Waals surface area contributed by atoms with Gasteiger partial charge < -0.3 is 5.11 Å². The molecule has 2 aliphatic rings. The van der Waals surface area contributed by atoms with Gasteiger partial charge in [-0.3, -0.25) is 4.90 Å². The van der Waals surface area contributed by atoms with Crippen LogP contribution in [0.2, 0.25) is 0 Å². The zero-order valence-electron chi connectivity index (χ0n) is 10.4. The third-order valence-corrected chi connectivity index (χ3v) is 4.52. The molecule has 2 nitrogen and oxygen atoms in total. The van der Waals surface area contributed by atoms with Crippen LogP contribution in [-0.4, -0.2) is 29.7 Å². The number of hydrogen-bond acceptors (Lipinski definition) is 2. The maximum Gasteiger partial charge on any atom is 0.0499 e. The summed E-state index contributed by atoms with van der Waals surface area (Å²) in [5.74, 6) is 0. The van der Waals surface area contributed by atoms with Crippen LogP contribution in [0.25, 0.3) is 0 Å². The summed E-state index contributed by atoms with van der Waals surface area (Å²) in [6.07, 6.45) is 4.88. The van der Waals surface area contributed by atoms with Gasteiger partial charge in [0.05, 0.1) is 0 Å². The Morgan fingerprint density at radius 2 is 1.94 bits per heavy atom. The monoisotopic (exact) mass is 231 g/mol. The third-order valence-electron chi connectivity index (χ3n) is 4.52. The fourth-order valence-electron chi connectivity index (χ4n) is 3.21. The van der Waals surface area contributed by atoms with Gasteiger partial charge in [0, 0.05) is 31.7 Å². The molecule has 0 atom stereocenters. The fourth-order valence-corrected chi connectivity index (χ4v) is 3.21. The van der Waals surface area contributed by atoms with Crippen LogP contribution >= 0.6 is 0 Å². The summed E-state index contributed by atoms with van der Waals surface area (Å²) in [5.41, 5.74) is 3.22. The molecular weight excluding hydrogens is 210 g/mol. The first-order valence-electron chi connectivity index (χ1n) is 6.71. The molecule has 1 saturated carbocycles. The Bertz CT molecular complexity index is 392. The molecule has 1 N–H and O–H groups in total. The normalized spacial score (nSPS) is 22.9. The molecule has 1 aliphatic carbocycles. The van der Waals surface area contributed by atoms with Crippen LogP contribution in [0.5, 0.6) is 0 Å². The third kappa shape index (κ3) is 2.12. The van der Waals surface area contributed by atoms with Crippen molar-refractivity contribution in [3.05, 3.63) is 35.4 Å². The van der Waals surface area contributed by atoms with Gasteiger partial charge in [-0.05, 0) is 30.4 Å². The zero-order valence-corrected chi connectivity index (χ0v) is 10.4. The second kappa shape index (κ2) is 4.43. The topological polar surface area (TPSA) is 23.5 Å². The van der Waals surface area contributed by atoms with Crippen molar-refractivity contribution in [2.75, 3.05) is 19.7 Å². The highest BCUT2D eigenvalue weighted by Crippen LogP contribution is 2.41. The number of rotatable bonds is 3. The summed E-state index contributed by atoms with van der Waals surface area (Å²) < 4.78 is 0. The molecule has 3 rings (SSSR count). The lowest BCUT2D eigenvalue weighted by Gasteiger charge is -2.45. The van der Waals surface area contributed by atoms with Crippen LogP contribution in [0.1, 0.15) is 30.4 Å². The molecule has 0 aromatic heterocycles. The largest absolute Gasteiger partial charge is 0.396 e. The van der Waals surface area contributed by atoms with E-state index in [-0.39, 0.29) is 5.41 Å². The van der Waals surface area contributed by atoms with Gasteiger partial charge in [0.1, 0.15) is 0 Å². The molecule has 1 aromatic carbocycles. The molecule has 0 radical (unpaired) electrons. The van der Waals surface area contributed by atoms with Crippen LogP contribution in [0.15, 0.2) is 24.3 Å². The summed E-state index contributed by atoms with van der Waals surface area (Å²) in [4.78, 5) is 2.53. The van der Waals surface area contributed by atoms with Crippen molar-refractivity contribution in [3.63, 3.8) is 0 Å². The predicted octanol–water partition coefficient (Wildman–Crippen LogP) is 2.21. The van der Waals surface area contributed by atoms with Crippen molar-refractivity contribution in [3.8, 4) is 0 Å². The molecule has 0 amide bonds. The van der Waals surface area contributed by atoms with E-state index in [9.17, 15) is 5.11 Å². The van der Waals surface area contributed by atoms with Gasteiger partial charge in [0.15, 0.2) is 0 Å². The van der Waals surface area contributed by atoms with Crippen LogP contribution in [0.3, 0.4) is 0 Å². The van der Waals surface area contributed by atoms with Crippen molar-refractivity contribution in [2.24, 2.45) is 5.41 Å². The molecule has 0 bridgehead atoms. The van der Waals surface area contributed by atoms with Crippen molar-refractivity contribution in [1.82, 2.24) is 4.90 Å². The van der Waals surface area contributed by atoms with Gasteiger partial charge in [0.2, 0.25) is 0 Å². The summed E-state index contributed by atoms with van der Waals surface area (Å²) >= 11 is 0. The summed E-state index contributed by atoms with van der Waals surface area (Å²) in [6.45, 7) is 3.67. The minimum atomic E-state index is 0.228. The lowest BCUT2D eigenvalue weighted by Crippen LogP contribution is -2.46. The minimum absolute atomic E-state index is 0.228. The first-order chi connectivity index (χ1) is 8.31. The van der Waals surface area contributed by atoms with E-state index in [1.54, 1.807) is 0 Å². The Hall–Kier alpha value is -0.860. The van der Waals surface area contributed by atoms with Crippen LogP contribution in [-0.2, 0) is 13.0 Å². The molecular formula is C15H21NO. The van der Waals surface area contributed by atoms with Gasteiger partial charge in [-0.1, -0.05) is 30.7 Å². The number of benzene rings is 1. The number of aliphatic hydroxyl groups is 1. The molecule has 1 aliphatic heterocycles. The van der Waals surface area contributed by atoms with E-state index in [1.807, 2.05) is 0 Å². The van der Waals surface area contributed by atoms with Gasteiger partial charge in [-0.25, -0.2) is 0 Å². The van der Waals surface area contributed by atoms with Crippen molar-refractivity contribution in [1.29, 1.82) is 0 Å². The summed E-state index contributed by atoms with van der Waals surface area (Å²) in [6, 6.07) is 8.76. The van der Waals surface area contributed by atoms with E-state index in [0.29, 0.717) is 6.61 Å². The van der Waals surface area contributed by atoms with Crippen LogP contribution in [0.4, 0.5) is 0 Å². The summed E-state index contributed by atoms with van der Waals surface area (Å²) in [5, 5.41) is 9.54. The Labute approximate surface area is 103 Å². The predicted molar refractivity (Wildman–Crippen MR) is 68.8 cm³/mol. The highest BCUT2D eigenvalue weighted by molar-refractivity contribution is 5.29. The maximum atomic E-state index is 9.54. The molecule has 0 saturated heterocycles. The summed E-state index contributed by atoms with van der Waals surface area (Å²) in [7, 11) is 0. The van der Waals surface area contributed by atoms with E-state index in [2.05, 4.69) is 29.2 Å². The van der Waals surface area contributed by atoms with E-state index in [4.69, 9.17) is 0 Å². The zero-order chi connectivity index (χ0) is 11.7. The number of hydrogen-bond donors (Lipinski definition) is 1. The smallest absolute Gasteiger partial charge is 0.0499 e. The minimum Gasteiger partial charge on any atom is -0.396 e. The van der Waals surface area contributed by atoms with Gasteiger partial charge >= 0.3 is 0 Å². The van der Waals surface area contributed by atoms with E-state index in [0.717, 1.165) is 26.1 Å². The molecule has 92 valence electrons. The Balaban J connectivity index is 1.68. The number of fused-ring (bicyclic) bond motifs is 1. The first-order valence-corrected chi connectivity index (χ1v) is 6.71. The standard InChI is InChI=1S/C15H21NO/c17-12-15(7-3-8-15)11-16-9-6-13-4-1-2-5-14(13)10-16/h1-2,4-5,17H,3,6-12H2. The molecule has 1 aromatic rings. The van der Waals surface area contributed by atoms with Crippen molar-refractivity contribution >= 4 is 0 Å². The van der Waals surface area contributed by atoms with Gasteiger partial charge in [0.25, 0.3) is 0 Å². The molecule has 2 heteroatoms. The van der Waals surface area contributed by atoms with Gasteiger partial charge in [-0.15, -0.1) is 0 Å². The average Bonchev–Trinajstić information content (AvgIpc) is 2.34. The highest BCUT2D eigenvalue weighted by Gasteiger charge is 2.38. The van der Waals surface area contributed by atoms with Crippen LogP contribution < -0.4 is 0 Å². The lowest BCUT2D eigenvalue weighted by molar-refractivity contribution is 0.00405. The highest BCUT2D eigenvalue weighted by atomic mass is 16.3. The molecule has 1 fully saturated rings. The second-order valence-electron chi connectivity index (χ2n) is 5.74. The quantitative estimate of drug-likeness (QED) is 0.862. The number of nitrogens with zero attached hydrogens (tertiary/aromatic N) is 1. The van der Waals surface area contributed by atoms with E-state index in [1.165, 1.54) is 30.4 Å². The first kappa shape index (κ1) is 11.2. The molecule has 0 spiro atoms. The second-order valence-corrected chi connectivity index (χ2v) is 5.74. The Morgan fingerprint density at radius 3 is 2.59 bits per heavy atom.